The van der Waals surface area contributed by atoms with E-state index < -0.39 is 0 Å². The van der Waals surface area contributed by atoms with Crippen LogP contribution in [0.15, 0.2) is 102 Å². The first kappa shape index (κ1) is 24.4. The highest BCUT2D eigenvalue weighted by Crippen LogP contribution is 2.49. The Morgan fingerprint density at radius 1 is 0.946 bits per heavy atom. The zero-order chi connectivity index (χ0) is 25.6. The number of allylic oxidation sites excluding steroid dienone is 6. The van der Waals surface area contributed by atoms with Gasteiger partial charge in [0.1, 0.15) is 16.5 Å². The maximum atomic E-state index is 9.34. The van der Waals surface area contributed by atoms with Crippen molar-refractivity contribution in [1.82, 2.24) is 0 Å². The van der Waals surface area contributed by atoms with Crippen LogP contribution in [0.25, 0.3) is 33.2 Å². The zero-order valence-corrected chi connectivity index (χ0v) is 21.6. The zero-order valence-electron chi connectivity index (χ0n) is 20.8. The second kappa shape index (κ2) is 11.2. The molecule has 0 saturated carbocycles. The summed E-state index contributed by atoms with van der Waals surface area (Å²) in [6.07, 6.45) is 11.3. The second-order valence-electron chi connectivity index (χ2n) is 9.07. The molecule has 2 aliphatic heterocycles. The number of anilines is 1. The van der Waals surface area contributed by atoms with Gasteiger partial charge in [-0.25, -0.2) is 10.1 Å². The Balaban J connectivity index is 1.67. The number of nitriles is 1. The van der Waals surface area contributed by atoms with Crippen LogP contribution in [-0.4, -0.2) is 13.1 Å². The Kier molecular flexibility index (Phi) is 7.36. The van der Waals surface area contributed by atoms with E-state index in [4.69, 9.17) is 11.3 Å². The van der Waals surface area contributed by atoms with Crippen LogP contribution in [0.2, 0.25) is 0 Å². The molecule has 3 heterocycles. The fourth-order valence-corrected chi connectivity index (χ4v) is 6.13. The first-order valence-corrected chi connectivity index (χ1v) is 13.3. The largest absolute Gasteiger partial charge is 0.462 e. The molecule has 0 unspecified atom stereocenters. The molecule has 0 amide bonds. The number of hydrogen-bond donors (Lipinski definition) is 0. The lowest BCUT2D eigenvalue weighted by Gasteiger charge is -2.28. The van der Waals surface area contributed by atoms with E-state index in [1.54, 1.807) is 12.2 Å². The van der Waals surface area contributed by atoms with E-state index in [9.17, 15) is 5.26 Å². The fourth-order valence-electron chi connectivity index (χ4n) is 4.83. The van der Waals surface area contributed by atoms with E-state index in [2.05, 4.69) is 70.4 Å². The van der Waals surface area contributed by atoms with Crippen molar-refractivity contribution in [1.29, 1.82) is 5.26 Å². The molecule has 0 bridgehead atoms. The molecule has 1 saturated heterocycles. The summed E-state index contributed by atoms with van der Waals surface area (Å²) < 4.78 is 5.94. The van der Waals surface area contributed by atoms with E-state index >= 15 is 0 Å². The molecule has 0 radical (unpaired) electrons. The molecule has 2 aliphatic rings. The Labute approximate surface area is 222 Å². The summed E-state index contributed by atoms with van der Waals surface area (Å²) in [6, 6.07) is 23.2. The third-order valence-electron chi connectivity index (χ3n) is 6.51. The van der Waals surface area contributed by atoms with Gasteiger partial charge in [-0.2, -0.15) is 0 Å². The number of nitrogens with zero attached hydrogens (tertiary/aromatic N) is 3. The van der Waals surface area contributed by atoms with Crippen molar-refractivity contribution in [2.45, 2.75) is 26.2 Å². The van der Waals surface area contributed by atoms with Crippen molar-refractivity contribution in [3.63, 3.8) is 0 Å². The molecule has 0 atom stereocenters. The summed E-state index contributed by atoms with van der Waals surface area (Å²) in [7, 11) is 0. The van der Waals surface area contributed by atoms with Crippen molar-refractivity contribution in [3.8, 4) is 28.3 Å². The summed E-state index contributed by atoms with van der Waals surface area (Å²) in [4.78, 5) is 7.06. The highest BCUT2D eigenvalue weighted by atomic mass is 32.1. The number of rotatable bonds is 5. The highest BCUT2D eigenvalue weighted by molar-refractivity contribution is 7.18. The Morgan fingerprint density at radius 3 is 2.22 bits per heavy atom. The first-order chi connectivity index (χ1) is 18.2. The van der Waals surface area contributed by atoms with Crippen LogP contribution in [0.3, 0.4) is 0 Å². The summed E-state index contributed by atoms with van der Waals surface area (Å²) in [6.45, 7) is 11.3. The molecule has 5 rings (SSSR count). The van der Waals surface area contributed by atoms with Gasteiger partial charge < -0.3 is 9.64 Å². The van der Waals surface area contributed by atoms with Crippen molar-refractivity contribution >= 4 is 22.4 Å². The quantitative estimate of drug-likeness (QED) is 0.260. The van der Waals surface area contributed by atoms with Crippen molar-refractivity contribution in [3.05, 3.63) is 118 Å². The lowest BCUT2D eigenvalue weighted by Crippen LogP contribution is -2.28. The topological polar surface area (TPSA) is 40.6 Å². The second-order valence-corrected chi connectivity index (χ2v) is 10.1. The van der Waals surface area contributed by atoms with Crippen LogP contribution >= 0.6 is 11.3 Å². The smallest absolute Gasteiger partial charge is 0.269 e. The van der Waals surface area contributed by atoms with E-state index in [1.807, 2.05) is 36.5 Å². The van der Waals surface area contributed by atoms with Crippen LogP contribution in [0.1, 0.15) is 31.1 Å². The molecule has 1 aromatic heterocycles. The summed E-state index contributed by atoms with van der Waals surface area (Å²) in [5.41, 5.74) is 5.52. The Bertz CT molecular complexity index is 1470. The standard InChI is InChI=1S/C32H27N3OS/c1-23-20-26(28(22-33)34-2)21-27(36-23)16-17-29-30(24-12-6-3-7-13-24)31(25-14-8-4-9-15-25)32(37-29)35-18-10-5-11-19-35/h3-4,6-9,12-17,20-21H,5,10-11,18-19H2,1H3/b17-16+,28-26+. The van der Waals surface area contributed by atoms with Crippen molar-refractivity contribution in [2.24, 2.45) is 0 Å². The molecule has 2 aromatic carbocycles. The van der Waals surface area contributed by atoms with Crippen LogP contribution in [-0.2, 0) is 4.74 Å². The number of ether oxygens (including phenoxy) is 1. The Morgan fingerprint density at radius 2 is 1.59 bits per heavy atom. The monoisotopic (exact) mass is 501 g/mol. The molecule has 0 spiro atoms. The van der Waals surface area contributed by atoms with Gasteiger partial charge in [-0.3, -0.25) is 0 Å². The molecule has 5 heteroatoms. The van der Waals surface area contributed by atoms with Gasteiger partial charge in [0.15, 0.2) is 0 Å². The van der Waals surface area contributed by atoms with Gasteiger partial charge in [-0.15, -0.1) is 11.3 Å². The van der Waals surface area contributed by atoms with E-state index in [1.165, 1.54) is 46.5 Å². The lowest BCUT2D eigenvalue weighted by atomic mass is 9.95. The van der Waals surface area contributed by atoms with Gasteiger partial charge >= 0.3 is 0 Å². The van der Waals surface area contributed by atoms with E-state index in [0.717, 1.165) is 18.0 Å². The normalized spacial score (nSPS) is 16.9. The van der Waals surface area contributed by atoms with Gasteiger partial charge in [0, 0.05) is 29.1 Å². The predicted octanol–water partition coefficient (Wildman–Crippen LogP) is 8.60. The minimum Gasteiger partial charge on any atom is -0.462 e. The average molecular weight is 502 g/mol. The number of thiophene rings is 1. The summed E-state index contributed by atoms with van der Waals surface area (Å²) in [5.74, 6) is 1.27. The van der Waals surface area contributed by atoms with E-state index in [-0.39, 0.29) is 5.70 Å². The lowest BCUT2D eigenvalue weighted by molar-refractivity contribution is 0.318. The molecule has 0 aliphatic carbocycles. The summed E-state index contributed by atoms with van der Waals surface area (Å²) >= 11 is 1.82. The Hall–Kier alpha value is -4.32. The maximum absolute atomic E-state index is 9.34. The third-order valence-corrected chi connectivity index (χ3v) is 7.73. The minimum absolute atomic E-state index is 0.0633. The molecule has 3 aromatic rings. The van der Waals surface area contributed by atoms with Gasteiger partial charge in [-0.1, -0.05) is 60.7 Å². The molecule has 4 nitrogen and oxygen atoms in total. The van der Waals surface area contributed by atoms with Crippen molar-refractivity contribution in [2.75, 3.05) is 18.0 Å². The summed E-state index contributed by atoms with van der Waals surface area (Å²) in [5, 5.41) is 10.6. The highest BCUT2D eigenvalue weighted by Gasteiger charge is 2.24. The molecular formula is C32H27N3OS. The molecular weight excluding hydrogens is 474 g/mol. The maximum Gasteiger partial charge on any atom is 0.269 e. The molecule has 1 fully saturated rings. The van der Waals surface area contributed by atoms with Crippen LogP contribution in [0, 0.1) is 17.9 Å². The SMILES string of the molecule is [C-]#[N+]/C(C#N)=C1\C=C(C)OC(/C=C/c2sc(N3CCCCC3)c(-c3ccccc3)c2-c2ccccc2)=C1. The molecule has 37 heavy (non-hydrogen) atoms. The number of piperidine rings is 1. The van der Waals surface area contributed by atoms with Gasteiger partial charge in [-0.05, 0) is 67.2 Å². The van der Waals surface area contributed by atoms with Gasteiger partial charge in [0.05, 0.1) is 12.6 Å². The van der Waals surface area contributed by atoms with Gasteiger partial charge in [0.25, 0.3) is 5.70 Å². The predicted molar refractivity (Wildman–Crippen MR) is 152 cm³/mol. The van der Waals surface area contributed by atoms with Crippen LogP contribution in [0.4, 0.5) is 5.00 Å². The number of benzene rings is 2. The van der Waals surface area contributed by atoms with Crippen LogP contribution in [0.5, 0.6) is 0 Å². The first-order valence-electron chi connectivity index (χ1n) is 12.5. The van der Waals surface area contributed by atoms with Gasteiger partial charge in [0.2, 0.25) is 0 Å². The van der Waals surface area contributed by atoms with Crippen LogP contribution < -0.4 is 4.90 Å². The minimum atomic E-state index is 0.0633. The van der Waals surface area contributed by atoms with E-state index in [0.29, 0.717) is 17.1 Å². The third kappa shape index (κ3) is 5.28. The van der Waals surface area contributed by atoms with Crippen molar-refractivity contribution < 1.29 is 4.74 Å². The average Bonchev–Trinajstić information content (AvgIpc) is 3.33. The fraction of sp³-hybridized carbons (Fsp3) is 0.188. The molecule has 0 N–H and O–H groups in total. The number of hydrogen-bond acceptors (Lipinski definition) is 4. The molecule has 182 valence electrons.